The number of nitro groups is 1. The molecule has 20 heavy (non-hydrogen) atoms. The van der Waals surface area contributed by atoms with Crippen LogP contribution in [0, 0.1) is 13.7 Å². The third-order valence-electron chi connectivity index (χ3n) is 2.74. The molecular formula is C12H11IN4O3. The highest BCUT2D eigenvalue weighted by Gasteiger charge is 2.14. The Morgan fingerprint density at radius 3 is 2.90 bits per heavy atom. The second-order valence-electron chi connectivity index (χ2n) is 4.03. The smallest absolute Gasteiger partial charge is 0.292 e. The first-order valence-corrected chi connectivity index (χ1v) is 6.76. The molecule has 7 nitrogen and oxygen atoms in total. The van der Waals surface area contributed by atoms with Gasteiger partial charge < -0.3 is 5.32 Å². The summed E-state index contributed by atoms with van der Waals surface area (Å²) in [5.41, 5.74) is 0.922. The van der Waals surface area contributed by atoms with E-state index in [-0.39, 0.29) is 17.8 Å². The fourth-order valence-corrected chi connectivity index (χ4v) is 2.24. The summed E-state index contributed by atoms with van der Waals surface area (Å²) in [5.74, 6) is 0. The summed E-state index contributed by atoms with van der Waals surface area (Å²) in [6.07, 6.45) is 2.90. The number of hydrogen-bond donors (Lipinski definition) is 1. The van der Waals surface area contributed by atoms with E-state index in [1.807, 2.05) is 22.6 Å². The van der Waals surface area contributed by atoms with Crippen LogP contribution < -0.4 is 10.9 Å². The van der Waals surface area contributed by atoms with E-state index in [0.717, 1.165) is 0 Å². The lowest BCUT2D eigenvalue weighted by atomic mass is 10.1. The molecule has 2 rings (SSSR count). The molecule has 104 valence electrons. The van der Waals surface area contributed by atoms with E-state index in [0.29, 0.717) is 14.8 Å². The molecule has 1 heterocycles. The van der Waals surface area contributed by atoms with Crippen LogP contribution in [-0.2, 0) is 6.54 Å². The van der Waals surface area contributed by atoms with Crippen molar-refractivity contribution in [2.45, 2.75) is 6.54 Å². The van der Waals surface area contributed by atoms with Crippen LogP contribution in [-0.4, -0.2) is 21.5 Å². The molecule has 0 fully saturated rings. The van der Waals surface area contributed by atoms with Crippen LogP contribution in [0.1, 0.15) is 5.56 Å². The maximum absolute atomic E-state index is 11.9. The van der Waals surface area contributed by atoms with Crippen molar-refractivity contribution >= 4 is 34.0 Å². The molecular weight excluding hydrogens is 375 g/mol. The first-order chi connectivity index (χ1) is 9.52. The third kappa shape index (κ3) is 2.95. The second kappa shape index (κ2) is 5.99. The van der Waals surface area contributed by atoms with Crippen molar-refractivity contribution in [1.29, 1.82) is 0 Å². The van der Waals surface area contributed by atoms with Gasteiger partial charge in [-0.15, -0.1) is 0 Å². The number of nitrogens with zero attached hydrogens (tertiary/aromatic N) is 3. The van der Waals surface area contributed by atoms with Crippen LogP contribution in [0.2, 0.25) is 0 Å². The molecule has 0 atom stereocenters. The van der Waals surface area contributed by atoms with Gasteiger partial charge >= 0.3 is 0 Å². The fraction of sp³-hybridized carbons (Fsp3) is 0.167. The monoisotopic (exact) mass is 386 g/mol. The Morgan fingerprint density at radius 2 is 2.25 bits per heavy atom. The topological polar surface area (TPSA) is 90.1 Å². The van der Waals surface area contributed by atoms with Gasteiger partial charge in [0, 0.05) is 19.3 Å². The molecule has 0 bridgehead atoms. The number of benzene rings is 1. The molecule has 0 saturated heterocycles. The minimum Gasteiger partial charge on any atom is -0.383 e. The molecule has 1 aromatic carbocycles. The van der Waals surface area contributed by atoms with E-state index in [1.54, 1.807) is 19.2 Å². The molecule has 0 radical (unpaired) electrons. The molecule has 0 amide bonds. The summed E-state index contributed by atoms with van der Waals surface area (Å²) in [5, 5.41) is 13.8. The van der Waals surface area contributed by atoms with Gasteiger partial charge in [-0.25, -0.2) is 4.98 Å². The summed E-state index contributed by atoms with van der Waals surface area (Å²) < 4.78 is 1.92. The summed E-state index contributed by atoms with van der Waals surface area (Å²) in [4.78, 5) is 26.4. The molecule has 0 aliphatic heterocycles. The molecule has 1 aromatic heterocycles. The third-order valence-corrected chi connectivity index (χ3v) is 3.48. The molecule has 0 spiro atoms. The minimum absolute atomic E-state index is 0.0170. The minimum atomic E-state index is -0.453. The number of hydrogen-bond acceptors (Lipinski definition) is 5. The van der Waals surface area contributed by atoms with Crippen LogP contribution in [0.5, 0.6) is 0 Å². The zero-order valence-electron chi connectivity index (χ0n) is 10.5. The van der Waals surface area contributed by atoms with Crippen LogP contribution in [0.15, 0.2) is 35.5 Å². The predicted octanol–water partition coefficient (Wildman–Crippen LogP) is 1.85. The van der Waals surface area contributed by atoms with Crippen molar-refractivity contribution in [3.63, 3.8) is 0 Å². The Labute approximate surface area is 127 Å². The van der Waals surface area contributed by atoms with Gasteiger partial charge in [-0.2, -0.15) is 0 Å². The van der Waals surface area contributed by atoms with Gasteiger partial charge in [0.25, 0.3) is 11.2 Å². The number of halogens is 1. The van der Waals surface area contributed by atoms with Gasteiger partial charge in [-0.05, 0) is 34.2 Å². The predicted molar refractivity (Wildman–Crippen MR) is 83.0 cm³/mol. The lowest BCUT2D eigenvalue weighted by Gasteiger charge is -2.07. The molecule has 8 heteroatoms. The highest BCUT2D eigenvalue weighted by molar-refractivity contribution is 14.1. The van der Waals surface area contributed by atoms with Crippen LogP contribution in [0.25, 0.3) is 0 Å². The maximum atomic E-state index is 11.9. The molecule has 1 N–H and O–H groups in total. The second-order valence-corrected chi connectivity index (χ2v) is 5.20. The van der Waals surface area contributed by atoms with Crippen LogP contribution in [0.4, 0.5) is 11.4 Å². The number of anilines is 1. The lowest BCUT2D eigenvalue weighted by molar-refractivity contribution is -0.384. The highest BCUT2D eigenvalue weighted by atomic mass is 127. The molecule has 2 aromatic rings. The lowest BCUT2D eigenvalue weighted by Crippen LogP contribution is -2.22. The summed E-state index contributed by atoms with van der Waals surface area (Å²) >= 11 is 1.91. The summed E-state index contributed by atoms with van der Waals surface area (Å²) in [6.45, 7) is 0.244. The average Bonchev–Trinajstić information content (AvgIpc) is 2.43. The first kappa shape index (κ1) is 14.4. The number of nitro benzene ring substituents is 1. The van der Waals surface area contributed by atoms with E-state index in [2.05, 4.69) is 10.3 Å². The van der Waals surface area contributed by atoms with E-state index in [1.165, 1.54) is 23.2 Å². The zero-order valence-corrected chi connectivity index (χ0v) is 12.7. The van der Waals surface area contributed by atoms with Gasteiger partial charge in [0.15, 0.2) is 0 Å². The molecule has 0 saturated carbocycles. The normalized spacial score (nSPS) is 10.3. The number of nitrogens with one attached hydrogen (secondary N) is 1. The fourth-order valence-electron chi connectivity index (χ4n) is 1.77. The Hall–Kier alpha value is -1.97. The van der Waals surface area contributed by atoms with Gasteiger partial charge in [0.05, 0.1) is 21.4 Å². The van der Waals surface area contributed by atoms with E-state index in [9.17, 15) is 14.9 Å². The van der Waals surface area contributed by atoms with Crippen molar-refractivity contribution in [3.8, 4) is 0 Å². The van der Waals surface area contributed by atoms with Crippen molar-refractivity contribution in [3.05, 3.63) is 60.3 Å². The van der Waals surface area contributed by atoms with E-state index in [4.69, 9.17) is 0 Å². The Kier molecular flexibility index (Phi) is 4.32. The highest BCUT2D eigenvalue weighted by Crippen LogP contribution is 2.25. The quantitative estimate of drug-likeness (QED) is 0.492. The van der Waals surface area contributed by atoms with Gasteiger partial charge in [-0.3, -0.25) is 19.5 Å². The van der Waals surface area contributed by atoms with Crippen molar-refractivity contribution in [1.82, 2.24) is 9.55 Å². The Balaban J connectivity index is 2.39. The summed E-state index contributed by atoms with van der Waals surface area (Å²) in [6, 6.07) is 4.82. The number of rotatable bonds is 4. The van der Waals surface area contributed by atoms with Crippen molar-refractivity contribution < 1.29 is 4.92 Å². The molecule has 0 aliphatic carbocycles. The number of aromatic nitrogens is 2. The summed E-state index contributed by atoms with van der Waals surface area (Å²) in [7, 11) is 1.62. The SMILES string of the molecule is CNc1ccc(Cn2cncc(I)c2=O)cc1[N+](=O)[O-]. The van der Waals surface area contributed by atoms with Crippen molar-refractivity contribution in [2.24, 2.45) is 0 Å². The van der Waals surface area contributed by atoms with E-state index >= 15 is 0 Å². The van der Waals surface area contributed by atoms with E-state index < -0.39 is 4.92 Å². The van der Waals surface area contributed by atoms with Gasteiger partial charge in [0.1, 0.15) is 5.69 Å². The largest absolute Gasteiger partial charge is 0.383 e. The van der Waals surface area contributed by atoms with Crippen LogP contribution >= 0.6 is 22.6 Å². The average molecular weight is 386 g/mol. The van der Waals surface area contributed by atoms with Gasteiger partial charge in [-0.1, -0.05) is 6.07 Å². The molecule has 0 aliphatic rings. The maximum Gasteiger partial charge on any atom is 0.292 e. The standard InChI is InChI=1S/C12H11IN4O3/c1-14-10-3-2-8(4-11(10)17(19)20)6-16-7-15-5-9(13)12(16)18/h2-5,7,14H,6H2,1H3. The Morgan fingerprint density at radius 1 is 1.50 bits per heavy atom. The zero-order chi connectivity index (χ0) is 14.7. The van der Waals surface area contributed by atoms with Crippen molar-refractivity contribution in [2.75, 3.05) is 12.4 Å². The molecule has 0 unspecified atom stereocenters. The Bertz CT molecular complexity index is 714. The first-order valence-electron chi connectivity index (χ1n) is 5.68. The van der Waals surface area contributed by atoms with Gasteiger partial charge in [0.2, 0.25) is 0 Å². The van der Waals surface area contributed by atoms with Crippen LogP contribution in [0.3, 0.4) is 0 Å².